The van der Waals surface area contributed by atoms with Crippen molar-refractivity contribution in [2.75, 3.05) is 0 Å². The Morgan fingerprint density at radius 2 is 1.85 bits per heavy atom. The molecule has 1 rings (SSSR count). The fourth-order valence-corrected chi connectivity index (χ4v) is 1.37. The number of nitrogens with two attached hydrogens (primary N) is 1. The normalized spacial score (nSPS) is 10.8. The Kier molecular flexibility index (Phi) is 4.46. The Balaban J connectivity index is 0.00000144. The zero-order chi connectivity index (χ0) is 9.35. The van der Waals surface area contributed by atoms with Gasteiger partial charge in [0.25, 0.3) is 0 Å². The molecule has 0 unspecified atom stereocenters. The fourth-order valence-electron chi connectivity index (χ4n) is 0.870. The van der Waals surface area contributed by atoms with Crippen LogP contribution in [0.2, 0.25) is 10.2 Å². The van der Waals surface area contributed by atoms with Crippen LogP contribution < -0.4 is 5.73 Å². The molecule has 2 N–H and O–H groups in total. The highest BCUT2D eigenvalue weighted by atomic mass is 35.5. The Bertz CT molecular complexity index is 294. The van der Waals surface area contributed by atoms with Gasteiger partial charge in [-0.1, -0.05) is 23.2 Å². The lowest BCUT2D eigenvalue weighted by Crippen LogP contribution is -2.30. The van der Waals surface area contributed by atoms with Crippen LogP contribution in [0.5, 0.6) is 0 Å². The molecule has 2 nitrogen and oxygen atoms in total. The molecule has 13 heavy (non-hydrogen) atoms. The van der Waals surface area contributed by atoms with Gasteiger partial charge >= 0.3 is 0 Å². The van der Waals surface area contributed by atoms with Crippen molar-refractivity contribution in [3.05, 3.63) is 28.0 Å². The Hall–Kier alpha value is -0.0200. The number of hydrogen-bond donors (Lipinski definition) is 1. The van der Waals surface area contributed by atoms with Gasteiger partial charge in [-0.25, -0.2) is 4.98 Å². The SMILES string of the molecule is CC(C)(N)c1nc(Cl)ccc1Cl.Cl. The van der Waals surface area contributed by atoms with Crippen molar-refractivity contribution < 1.29 is 0 Å². The van der Waals surface area contributed by atoms with Gasteiger partial charge in [0.15, 0.2) is 0 Å². The summed E-state index contributed by atoms with van der Waals surface area (Å²) in [7, 11) is 0. The van der Waals surface area contributed by atoms with Crippen molar-refractivity contribution >= 4 is 35.6 Å². The number of halogens is 3. The first-order valence-corrected chi connectivity index (χ1v) is 4.28. The average molecular weight is 242 g/mol. The second-order valence-electron chi connectivity index (χ2n) is 3.19. The van der Waals surface area contributed by atoms with Gasteiger partial charge in [0.2, 0.25) is 0 Å². The quantitative estimate of drug-likeness (QED) is 0.768. The summed E-state index contributed by atoms with van der Waals surface area (Å²) >= 11 is 11.6. The predicted octanol–water partition coefficient (Wildman–Crippen LogP) is 3.00. The first-order chi connectivity index (χ1) is 5.41. The number of hydrogen-bond acceptors (Lipinski definition) is 2. The molecule has 1 heterocycles. The van der Waals surface area contributed by atoms with E-state index in [9.17, 15) is 0 Å². The molecule has 0 spiro atoms. The number of rotatable bonds is 1. The molecule has 0 saturated heterocycles. The van der Waals surface area contributed by atoms with Gasteiger partial charge in [-0.05, 0) is 26.0 Å². The molecule has 0 aliphatic rings. The minimum Gasteiger partial charge on any atom is -0.321 e. The molecular weight excluding hydrogens is 230 g/mol. The minimum atomic E-state index is -0.554. The molecule has 0 saturated carbocycles. The summed E-state index contributed by atoms with van der Waals surface area (Å²) in [6, 6.07) is 3.33. The van der Waals surface area contributed by atoms with Crippen LogP contribution in [0.3, 0.4) is 0 Å². The maximum Gasteiger partial charge on any atom is 0.129 e. The molecule has 0 aliphatic heterocycles. The van der Waals surface area contributed by atoms with Gasteiger partial charge < -0.3 is 5.73 Å². The minimum absolute atomic E-state index is 0. The average Bonchev–Trinajstić information content (AvgIpc) is 1.92. The van der Waals surface area contributed by atoms with E-state index < -0.39 is 5.54 Å². The summed E-state index contributed by atoms with van der Waals surface area (Å²) in [6.45, 7) is 3.66. The fraction of sp³-hybridized carbons (Fsp3) is 0.375. The van der Waals surface area contributed by atoms with Gasteiger partial charge in [-0.3, -0.25) is 0 Å². The van der Waals surface area contributed by atoms with Gasteiger partial charge in [0, 0.05) is 0 Å². The molecule has 0 radical (unpaired) electrons. The summed E-state index contributed by atoms with van der Waals surface area (Å²) in [4.78, 5) is 4.05. The Morgan fingerprint density at radius 1 is 1.31 bits per heavy atom. The van der Waals surface area contributed by atoms with Crippen molar-refractivity contribution in [1.29, 1.82) is 0 Å². The first-order valence-electron chi connectivity index (χ1n) is 3.52. The monoisotopic (exact) mass is 240 g/mol. The van der Waals surface area contributed by atoms with E-state index in [1.807, 2.05) is 13.8 Å². The topological polar surface area (TPSA) is 38.9 Å². The van der Waals surface area contributed by atoms with Crippen LogP contribution in [0.1, 0.15) is 19.5 Å². The van der Waals surface area contributed by atoms with Crippen molar-refractivity contribution in [2.24, 2.45) is 5.73 Å². The van der Waals surface area contributed by atoms with Gasteiger partial charge in [0.1, 0.15) is 5.15 Å². The van der Waals surface area contributed by atoms with Crippen LogP contribution in [0.4, 0.5) is 0 Å². The molecule has 0 bridgehead atoms. The maximum atomic E-state index is 5.88. The van der Waals surface area contributed by atoms with Crippen LogP contribution in [-0.4, -0.2) is 4.98 Å². The summed E-state index contributed by atoms with van der Waals surface area (Å²) < 4.78 is 0. The molecule has 0 fully saturated rings. The van der Waals surface area contributed by atoms with Crippen LogP contribution >= 0.6 is 35.6 Å². The molecule has 1 aromatic rings. The van der Waals surface area contributed by atoms with E-state index >= 15 is 0 Å². The highest BCUT2D eigenvalue weighted by Crippen LogP contribution is 2.24. The number of pyridine rings is 1. The Morgan fingerprint density at radius 3 is 2.23 bits per heavy atom. The third kappa shape index (κ3) is 3.31. The standard InChI is InChI=1S/C8H10Cl2N2.ClH/c1-8(2,11)7-5(9)3-4-6(10)12-7;/h3-4H,11H2,1-2H3;1H. The van der Waals surface area contributed by atoms with Crippen LogP contribution in [0.15, 0.2) is 12.1 Å². The smallest absolute Gasteiger partial charge is 0.129 e. The van der Waals surface area contributed by atoms with Crippen molar-refractivity contribution in [3.63, 3.8) is 0 Å². The van der Waals surface area contributed by atoms with Crippen LogP contribution in [0, 0.1) is 0 Å². The van der Waals surface area contributed by atoms with Gasteiger partial charge in [-0.2, -0.15) is 0 Å². The molecule has 0 aliphatic carbocycles. The Labute approximate surface area is 93.8 Å². The first kappa shape index (κ1) is 13.0. The van der Waals surface area contributed by atoms with Gasteiger partial charge in [-0.15, -0.1) is 12.4 Å². The molecule has 5 heteroatoms. The van der Waals surface area contributed by atoms with E-state index in [0.717, 1.165) is 0 Å². The number of nitrogens with zero attached hydrogens (tertiary/aromatic N) is 1. The van der Waals surface area contributed by atoms with Crippen LogP contribution in [0.25, 0.3) is 0 Å². The summed E-state index contributed by atoms with van der Waals surface area (Å²) in [5, 5.41) is 0.958. The zero-order valence-electron chi connectivity index (χ0n) is 7.34. The lowest BCUT2D eigenvalue weighted by molar-refractivity contribution is 0.535. The highest BCUT2D eigenvalue weighted by molar-refractivity contribution is 6.32. The van der Waals surface area contributed by atoms with E-state index in [4.69, 9.17) is 28.9 Å². The second-order valence-corrected chi connectivity index (χ2v) is 3.98. The maximum absolute atomic E-state index is 5.88. The molecule has 0 atom stereocenters. The summed E-state index contributed by atoms with van der Waals surface area (Å²) in [5.74, 6) is 0. The van der Waals surface area contributed by atoms with Crippen molar-refractivity contribution in [3.8, 4) is 0 Å². The van der Waals surface area contributed by atoms with E-state index in [1.54, 1.807) is 12.1 Å². The van der Waals surface area contributed by atoms with E-state index in [1.165, 1.54) is 0 Å². The highest BCUT2D eigenvalue weighted by Gasteiger charge is 2.19. The molecule has 0 aromatic carbocycles. The lowest BCUT2D eigenvalue weighted by Gasteiger charge is -2.18. The van der Waals surface area contributed by atoms with Crippen molar-refractivity contribution in [2.45, 2.75) is 19.4 Å². The largest absolute Gasteiger partial charge is 0.321 e. The third-order valence-corrected chi connectivity index (χ3v) is 1.94. The third-order valence-electron chi connectivity index (χ3n) is 1.42. The zero-order valence-corrected chi connectivity index (χ0v) is 9.67. The second kappa shape index (κ2) is 4.47. The van der Waals surface area contributed by atoms with E-state index in [-0.39, 0.29) is 12.4 Å². The van der Waals surface area contributed by atoms with E-state index in [0.29, 0.717) is 15.9 Å². The molecule has 74 valence electrons. The molecule has 0 amide bonds. The molecule has 1 aromatic heterocycles. The number of aromatic nitrogens is 1. The van der Waals surface area contributed by atoms with Crippen LogP contribution in [-0.2, 0) is 5.54 Å². The lowest BCUT2D eigenvalue weighted by atomic mass is 10.0. The summed E-state index contributed by atoms with van der Waals surface area (Å²) in [5.41, 5.74) is 5.89. The molecular formula is C8H11Cl3N2. The predicted molar refractivity (Wildman–Crippen MR) is 58.7 cm³/mol. The van der Waals surface area contributed by atoms with Crippen molar-refractivity contribution in [1.82, 2.24) is 4.98 Å². The van der Waals surface area contributed by atoms with E-state index in [2.05, 4.69) is 4.98 Å². The summed E-state index contributed by atoms with van der Waals surface area (Å²) in [6.07, 6.45) is 0. The van der Waals surface area contributed by atoms with Gasteiger partial charge in [0.05, 0.1) is 16.3 Å².